The van der Waals surface area contributed by atoms with E-state index in [1.807, 2.05) is 0 Å². The number of hydrogen-bond acceptors (Lipinski definition) is 2. The molecule has 76 valence electrons. The lowest BCUT2D eigenvalue weighted by Gasteiger charge is -2.04. The number of hydrogen-bond donors (Lipinski definition) is 0. The number of rotatable bonds is 2. The number of aromatic nitrogens is 2. The molecule has 0 unspecified atom stereocenters. The van der Waals surface area contributed by atoms with Crippen molar-refractivity contribution in [2.24, 2.45) is 0 Å². The second-order valence-corrected chi connectivity index (χ2v) is 3.11. The predicted molar refractivity (Wildman–Crippen MR) is 54.0 cm³/mol. The first-order valence-corrected chi connectivity index (χ1v) is 4.53. The average Bonchev–Trinajstić information content (AvgIpc) is 2.24. The summed E-state index contributed by atoms with van der Waals surface area (Å²) in [6.07, 6.45) is 1.50. The van der Waals surface area contributed by atoms with Gasteiger partial charge in [0.2, 0.25) is 0 Å². The monoisotopic (exact) mass is 204 g/mol. The second kappa shape index (κ2) is 4.04. The van der Waals surface area contributed by atoms with Gasteiger partial charge in [0.15, 0.2) is 0 Å². The highest BCUT2D eigenvalue weighted by Gasteiger charge is 2.02. The maximum absolute atomic E-state index is 13.3. The average molecular weight is 204 g/mol. The summed E-state index contributed by atoms with van der Waals surface area (Å²) in [5.41, 5.74) is 0.221. The van der Waals surface area contributed by atoms with Crippen molar-refractivity contribution in [1.29, 1.82) is 0 Å². The molecule has 0 aliphatic heterocycles. The van der Waals surface area contributed by atoms with Crippen molar-refractivity contribution in [2.75, 3.05) is 0 Å². The van der Waals surface area contributed by atoms with E-state index in [0.717, 1.165) is 0 Å². The molecule has 1 aromatic heterocycles. The molecular weight excluding hydrogens is 195 g/mol. The minimum Gasteiger partial charge on any atom is -0.268 e. The molecule has 0 fully saturated rings. The Morgan fingerprint density at radius 2 is 2.00 bits per heavy atom. The molecule has 1 heterocycles. The zero-order chi connectivity index (χ0) is 10.7. The van der Waals surface area contributed by atoms with E-state index in [1.54, 1.807) is 24.3 Å². The quantitative estimate of drug-likeness (QED) is 0.741. The summed E-state index contributed by atoms with van der Waals surface area (Å²) >= 11 is 0. The molecule has 4 heteroatoms. The zero-order valence-corrected chi connectivity index (χ0v) is 7.93. The Balaban J connectivity index is 2.34. The number of halogens is 1. The van der Waals surface area contributed by atoms with Crippen LogP contribution in [0.4, 0.5) is 4.39 Å². The van der Waals surface area contributed by atoms with Crippen molar-refractivity contribution in [3.05, 3.63) is 64.3 Å². The Hall–Kier alpha value is -1.97. The molecule has 0 N–H and O–H groups in total. The molecule has 0 bridgehead atoms. The van der Waals surface area contributed by atoms with Crippen LogP contribution < -0.4 is 5.56 Å². The SMILES string of the molecule is O=c1cccnn1Cc1ccccc1F. The van der Waals surface area contributed by atoms with Gasteiger partial charge in [0.25, 0.3) is 5.56 Å². The Bertz CT molecular complexity index is 522. The first kappa shape index (κ1) is 9.58. The van der Waals surface area contributed by atoms with Gasteiger partial charge in [0.1, 0.15) is 5.82 Å². The molecule has 15 heavy (non-hydrogen) atoms. The van der Waals surface area contributed by atoms with Gasteiger partial charge in [-0.1, -0.05) is 18.2 Å². The van der Waals surface area contributed by atoms with Crippen molar-refractivity contribution >= 4 is 0 Å². The van der Waals surface area contributed by atoms with Crippen molar-refractivity contribution in [3.8, 4) is 0 Å². The van der Waals surface area contributed by atoms with Crippen LogP contribution in [0, 0.1) is 5.82 Å². The minimum absolute atomic E-state index is 0.159. The summed E-state index contributed by atoms with van der Waals surface area (Å²) in [5.74, 6) is -0.324. The lowest BCUT2D eigenvalue weighted by atomic mass is 10.2. The molecular formula is C11H9FN2O. The van der Waals surface area contributed by atoms with Gasteiger partial charge < -0.3 is 0 Å². The summed E-state index contributed by atoms with van der Waals surface area (Å²) in [6, 6.07) is 9.29. The van der Waals surface area contributed by atoms with Crippen LogP contribution in [-0.4, -0.2) is 9.78 Å². The first-order valence-electron chi connectivity index (χ1n) is 4.53. The van der Waals surface area contributed by atoms with Crippen molar-refractivity contribution in [3.63, 3.8) is 0 Å². The van der Waals surface area contributed by atoms with Crippen molar-refractivity contribution < 1.29 is 4.39 Å². The van der Waals surface area contributed by atoms with Crippen LogP contribution in [0.15, 0.2) is 47.4 Å². The highest BCUT2D eigenvalue weighted by Crippen LogP contribution is 2.06. The molecule has 3 nitrogen and oxygen atoms in total. The Morgan fingerprint density at radius 3 is 2.73 bits per heavy atom. The van der Waals surface area contributed by atoms with Crippen LogP contribution in [0.1, 0.15) is 5.56 Å². The van der Waals surface area contributed by atoms with E-state index in [0.29, 0.717) is 5.56 Å². The fourth-order valence-corrected chi connectivity index (χ4v) is 1.29. The van der Waals surface area contributed by atoms with E-state index in [4.69, 9.17) is 0 Å². The molecule has 0 saturated heterocycles. The van der Waals surface area contributed by atoms with Gasteiger partial charge in [-0.3, -0.25) is 4.79 Å². The van der Waals surface area contributed by atoms with Crippen LogP contribution in [0.5, 0.6) is 0 Å². The molecule has 0 spiro atoms. The Labute approximate surface area is 85.8 Å². The van der Waals surface area contributed by atoms with Crippen LogP contribution in [0.2, 0.25) is 0 Å². The number of nitrogens with zero attached hydrogens (tertiary/aromatic N) is 2. The second-order valence-electron chi connectivity index (χ2n) is 3.11. The minimum atomic E-state index is -0.324. The van der Waals surface area contributed by atoms with E-state index in [-0.39, 0.29) is 17.9 Å². The predicted octanol–water partition coefficient (Wildman–Crippen LogP) is 1.43. The molecule has 0 saturated carbocycles. The topological polar surface area (TPSA) is 34.9 Å². The Morgan fingerprint density at radius 1 is 1.20 bits per heavy atom. The van der Waals surface area contributed by atoms with Gasteiger partial charge in [-0.15, -0.1) is 0 Å². The molecule has 0 aliphatic rings. The fraction of sp³-hybridized carbons (Fsp3) is 0.0909. The summed E-state index contributed by atoms with van der Waals surface area (Å²) in [4.78, 5) is 11.3. The maximum Gasteiger partial charge on any atom is 0.267 e. The summed E-state index contributed by atoms with van der Waals surface area (Å²) < 4.78 is 14.5. The van der Waals surface area contributed by atoms with Crippen LogP contribution in [0.3, 0.4) is 0 Å². The normalized spacial score (nSPS) is 10.2. The summed E-state index contributed by atoms with van der Waals surface area (Å²) in [7, 11) is 0. The zero-order valence-electron chi connectivity index (χ0n) is 7.93. The maximum atomic E-state index is 13.3. The van der Waals surface area contributed by atoms with Crippen LogP contribution in [-0.2, 0) is 6.54 Å². The van der Waals surface area contributed by atoms with E-state index in [2.05, 4.69) is 5.10 Å². The molecule has 0 atom stereocenters. The third-order valence-corrected chi connectivity index (χ3v) is 2.06. The van der Waals surface area contributed by atoms with Crippen molar-refractivity contribution in [1.82, 2.24) is 9.78 Å². The summed E-state index contributed by atoms with van der Waals surface area (Å²) in [6.45, 7) is 0.159. The highest BCUT2D eigenvalue weighted by atomic mass is 19.1. The van der Waals surface area contributed by atoms with Gasteiger partial charge in [-0.25, -0.2) is 9.07 Å². The molecule has 1 aromatic carbocycles. The lowest BCUT2D eigenvalue weighted by molar-refractivity contribution is 0.572. The summed E-state index contributed by atoms with van der Waals surface area (Å²) in [5, 5.41) is 3.85. The largest absolute Gasteiger partial charge is 0.268 e. The van der Waals surface area contributed by atoms with E-state index >= 15 is 0 Å². The van der Waals surface area contributed by atoms with Gasteiger partial charge in [0.05, 0.1) is 6.54 Å². The first-order chi connectivity index (χ1) is 7.27. The van der Waals surface area contributed by atoms with E-state index in [1.165, 1.54) is 23.0 Å². The van der Waals surface area contributed by atoms with Crippen LogP contribution >= 0.6 is 0 Å². The number of benzene rings is 1. The van der Waals surface area contributed by atoms with E-state index < -0.39 is 0 Å². The molecule has 2 aromatic rings. The van der Waals surface area contributed by atoms with Gasteiger partial charge in [0, 0.05) is 17.8 Å². The van der Waals surface area contributed by atoms with Gasteiger partial charge in [-0.05, 0) is 12.1 Å². The molecule has 2 rings (SSSR count). The molecule has 0 aliphatic carbocycles. The standard InChI is InChI=1S/C11H9FN2O/c12-10-5-2-1-4-9(10)8-14-11(15)6-3-7-13-14/h1-7H,8H2. The third-order valence-electron chi connectivity index (χ3n) is 2.06. The van der Waals surface area contributed by atoms with E-state index in [9.17, 15) is 9.18 Å². The van der Waals surface area contributed by atoms with Crippen LogP contribution in [0.25, 0.3) is 0 Å². The smallest absolute Gasteiger partial charge is 0.267 e. The van der Waals surface area contributed by atoms with Crippen molar-refractivity contribution in [2.45, 2.75) is 6.54 Å². The lowest BCUT2D eigenvalue weighted by Crippen LogP contribution is -2.22. The van der Waals surface area contributed by atoms with Gasteiger partial charge >= 0.3 is 0 Å². The third kappa shape index (κ3) is 2.10. The highest BCUT2D eigenvalue weighted by molar-refractivity contribution is 5.17. The molecule has 0 amide bonds. The molecule has 0 radical (unpaired) electrons. The Kier molecular flexibility index (Phi) is 2.58. The fourth-order valence-electron chi connectivity index (χ4n) is 1.29. The van der Waals surface area contributed by atoms with Gasteiger partial charge in [-0.2, -0.15) is 5.10 Å².